The third kappa shape index (κ3) is 2.79. The normalized spacial score (nSPS) is 16.4. The molecule has 1 saturated carbocycles. The van der Waals surface area contributed by atoms with Crippen LogP contribution in [0.1, 0.15) is 28.8 Å². The average molecular weight is 252 g/mol. The predicted octanol–water partition coefficient (Wildman–Crippen LogP) is 1.22. The highest BCUT2D eigenvalue weighted by molar-refractivity contribution is 5.95. The summed E-state index contributed by atoms with van der Waals surface area (Å²) in [5.41, 5.74) is 6.20. The Labute approximate surface area is 105 Å². The Hall–Kier alpha value is -1.62. The maximum atomic E-state index is 13.7. The lowest BCUT2D eigenvalue weighted by atomic mass is 10.1. The molecule has 1 aromatic rings. The van der Waals surface area contributed by atoms with Gasteiger partial charge in [-0.3, -0.25) is 4.79 Å². The molecule has 0 radical (unpaired) electrons. The van der Waals surface area contributed by atoms with Gasteiger partial charge in [-0.2, -0.15) is 0 Å². The van der Waals surface area contributed by atoms with Crippen LogP contribution in [0.25, 0.3) is 0 Å². The highest BCUT2D eigenvalue weighted by Crippen LogP contribution is 2.32. The van der Waals surface area contributed by atoms with Gasteiger partial charge >= 0.3 is 0 Å². The first kappa shape index (κ1) is 12.8. The molecule has 1 unspecified atom stereocenters. The van der Waals surface area contributed by atoms with Crippen molar-refractivity contribution < 1.29 is 14.3 Å². The SMILES string of the molecule is Cc1cc(N)cc(C(=O)NCC(O)C2CC2)c1F. The van der Waals surface area contributed by atoms with Gasteiger partial charge in [0.15, 0.2) is 0 Å². The number of carbonyl (C=O) groups is 1. The van der Waals surface area contributed by atoms with E-state index in [1.165, 1.54) is 12.1 Å². The number of nitrogens with one attached hydrogen (secondary N) is 1. The van der Waals surface area contributed by atoms with Gasteiger partial charge in [0.1, 0.15) is 5.82 Å². The molecule has 0 saturated heterocycles. The smallest absolute Gasteiger partial charge is 0.254 e. The fraction of sp³-hybridized carbons (Fsp3) is 0.462. The molecule has 1 aliphatic rings. The van der Waals surface area contributed by atoms with Crippen LogP contribution >= 0.6 is 0 Å². The first-order valence-corrected chi connectivity index (χ1v) is 6.01. The number of aliphatic hydroxyl groups is 1. The number of carbonyl (C=O) groups excluding carboxylic acids is 1. The van der Waals surface area contributed by atoms with E-state index in [0.29, 0.717) is 11.3 Å². The molecule has 0 aromatic heterocycles. The molecule has 1 atom stereocenters. The molecule has 4 N–H and O–H groups in total. The maximum absolute atomic E-state index is 13.7. The highest BCUT2D eigenvalue weighted by Gasteiger charge is 2.30. The summed E-state index contributed by atoms with van der Waals surface area (Å²) in [5.74, 6) is -0.831. The number of rotatable bonds is 4. The van der Waals surface area contributed by atoms with E-state index in [2.05, 4.69) is 5.32 Å². The number of halogens is 1. The Morgan fingerprint density at radius 2 is 2.28 bits per heavy atom. The molecule has 1 fully saturated rings. The molecule has 2 rings (SSSR count). The number of anilines is 1. The number of aliphatic hydroxyl groups excluding tert-OH is 1. The number of hydrogen-bond donors (Lipinski definition) is 3. The summed E-state index contributed by atoms with van der Waals surface area (Å²) < 4.78 is 13.7. The van der Waals surface area contributed by atoms with Crippen LogP contribution in [0.5, 0.6) is 0 Å². The minimum absolute atomic E-state index is 0.0736. The number of nitrogen functional groups attached to an aromatic ring is 1. The van der Waals surface area contributed by atoms with Gasteiger partial charge in [0, 0.05) is 12.2 Å². The third-order valence-corrected chi connectivity index (χ3v) is 3.16. The lowest BCUT2D eigenvalue weighted by molar-refractivity contribution is 0.0897. The van der Waals surface area contributed by atoms with Gasteiger partial charge in [-0.05, 0) is 43.4 Å². The summed E-state index contributed by atoms with van der Waals surface area (Å²) in [6, 6.07) is 2.78. The van der Waals surface area contributed by atoms with Crippen molar-refractivity contribution in [2.45, 2.75) is 25.9 Å². The van der Waals surface area contributed by atoms with Crippen molar-refractivity contribution in [1.29, 1.82) is 0 Å². The second kappa shape index (κ2) is 4.94. The molecular weight excluding hydrogens is 235 g/mol. The topological polar surface area (TPSA) is 75.4 Å². The van der Waals surface area contributed by atoms with Crippen LogP contribution in [0, 0.1) is 18.7 Å². The molecule has 0 spiro atoms. The standard InChI is InChI=1S/C13H17FN2O2/c1-7-4-9(15)5-10(12(7)14)13(18)16-6-11(17)8-2-3-8/h4-5,8,11,17H,2-3,6,15H2,1H3,(H,16,18). The summed E-state index contributed by atoms with van der Waals surface area (Å²) >= 11 is 0. The van der Waals surface area contributed by atoms with E-state index >= 15 is 0 Å². The molecule has 1 amide bonds. The van der Waals surface area contributed by atoms with Gasteiger partial charge in [-0.1, -0.05) is 0 Å². The van der Waals surface area contributed by atoms with E-state index < -0.39 is 17.8 Å². The van der Waals surface area contributed by atoms with Gasteiger partial charge in [-0.25, -0.2) is 4.39 Å². The number of nitrogens with two attached hydrogens (primary N) is 1. The lowest BCUT2D eigenvalue weighted by Gasteiger charge is -2.12. The number of aryl methyl sites for hydroxylation is 1. The Bertz CT molecular complexity index is 472. The second-order valence-electron chi connectivity index (χ2n) is 4.81. The molecule has 1 aliphatic carbocycles. The van der Waals surface area contributed by atoms with Gasteiger partial charge in [-0.15, -0.1) is 0 Å². The van der Waals surface area contributed by atoms with Crippen LogP contribution in [0.2, 0.25) is 0 Å². The fourth-order valence-corrected chi connectivity index (χ4v) is 1.90. The van der Waals surface area contributed by atoms with Crippen LogP contribution < -0.4 is 11.1 Å². The number of hydrogen-bond acceptors (Lipinski definition) is 3. The Kier molecular flexibility index (Phi) is 3.52. The average Bonchev–Trinajstić information content (AvgIpc) is 3.14. The molecule has 4 nitrogen and oxygen atoms in total. The van der Waals surface area contributed by atoms with Crippen molar-refractivity contribution in [3.05, 3.63) is 29.1 Å². The maximum Gasteiger partial charge on any atom is 0.254 e. The Balaban J connectivity index is 2.03. The van der Waals surface area contributed by atoms with Crippen molar-refractivity contribution in [1.82, 2.24) is 5.32 Å². The molecule has 1 aromatic carbocycles. The van der Waals surface area contributed by atoms with E-state index in [9.17, 15) is 14.3 Å². The number of benzene rings is 1. The summed E-state index contributed by atoms with van der Waals surface area (Å²) in [4.78, 5) is 11.8. The van der Waals surface area contributed by atoms with Gasteiger partial charge in [0.25, 0.3) is 5.91 Å². The van der Waals surface area contributed by atoms with Crippen molar-refractivity contribution in [3.8, 4) is 0 Å². The first-order valence-electron chi connectivity index (χ1n) is 6.01. The first-order chi connectivity index (χ1) is 8.49. The van der Waals surface area contributed by atoms with Crippen LogP contribution in [-0.4, -0.2) is 23.7 Å². The van der Waals surface area contributed by atoms with Crippen molar-refractivity contribution >= 4 is 11.6 Å². The monoisotopic (exact) mass is 252 g/mol. The van der Waals surface area contributed by atoms with Crippen molar-refractivity contribution in [2.75, 3.05) is 12.3 Å². The number of amides is 1. The molecule has 98 valence electrons. The van der Waals surface area contributed by atoms with E-state index in [-0.39, 0.29) is 18.0 Å². The van der Waals surface area contributed by atoms with E-state index in [1.54, 1.807) is 6.92 Å². The predicted molar refractivity (Wildman–Crippen MR) is 66.6 cm³/mol. The highest BCUT2D eigenvalue weighted by atomic mass is 19.1. The summed E-state index contributed by atoms with van der Waals surface area (Å²) in [6.07, 6.45) is 1.44. The summed E-state index contributed by atoms with van der Waals surface area (Å²) in [5, 5.41) is 12.2. The zero-order chi connectivity index (χ0) is 13.3. The zero-order valence-corrected chi connectivity index (χ0v) is 10.2. The molecule has 18 heavy (non-hydrogen) atoms. The van der Waals surface area contributed by atoms with Crippen LogP contribution in [0.3, 0.4) is 0 Å². The third-order valence-electron chi connectivity index (χ3n) is 3.16. The molecule has 5 heteroatoms. The minimum Gasteiger partial charge on any atom is -0.399 e. The van der Waals surface area contributed by atoms with Crippen LogP contribution in [-0.2, 0) is 0 Å². The Morgan fingerprint density at radius 3 is 2.89 bits per heavy atom. The second-order valence-corrected chi connectivity index (χ2v) is 4.81. The van der Waals surface area contributed by atoms with Crippen molar-refractivity contribution in [2.24, 2.45) is 5.92 Å². The molecule has 0 heterocycles. The van der Waals surface area contributed by atoms with E-state index in [4.69, 9.17) is 5.73 Å². The van der Waals surface area contributed by atoms with E-state index in [1.807, 2.05) is 0 Å². The minimum atomic E-state index is -0.567. The van der Waals surface area contributed by atoms with E-state index in [0.717, 1.165) is 12.8 Å². The fourth-order valence-electron chi connectivity index (χ4n) is 1.90. The van der Waals surface area contributed by atoms with Crippen LogP contribution in [0.4, 0.5) is 10.1 Å². The zero-order valence-electron chi connectivity index (χ0n) is 10.2. The Morgan fingerprint density at radius 1 is 1.61 bits per heavy atom. The lowest BCUT2D eigenvalue weighted by Crippen LogP contribution is -2.33. The molecule has 0 aliphatic heterocycles. The van der Waals surface area contributed by atoms with Gasteiger partial charge < -0.3 is 16.2 Å². The van der Waals surface area contributed by atoms with Crippen molar-refractivity contribution in [3.63, 3.8) is 0 Å². The molecule has 0 bridgehead atoms. The largest absolute Gasteiger partial charge is 0.399 e. The quantitative estimate of drug-likeness (QED) is 0.705. The summed E-state index contributed by atoms with van der Waals surface area (Å²) in [6.45, 7) is 1.71. The van der Waals surface area contributed by atoms with Gasteiger partial charge in [0.05, 0.1) is 11.7 Å². The molecular formula is C13H17FN2O2. The summed E-state index contributed by atoms with van der Waals surface area (Å²) in [7, 11) is 0. The van der Waals surface area contributed by atoms with Gasteiger partial charge in [0.2, 0.25) is 0 Å². The van der Waals surface area contributed by atoms with Crippen LogP contribution in [0.15, 0.2) is 12.1 Å².